The summed E-state index contributed by atoms with van der Waals surface area (Å²) in [4.78, 5) is 22.7. The second-order valence-corrected chi connectivity index (χ2v) is 7.76. The first-order valence-corrected chi connectivity index (χ1v) is 9.58. The molecule has 0 radical (unpaired) electrons. The molecule has 5 heteroatoms. The Hall–Kier alpha value is -1.88. The van der Waals surface area contributed by atoms with E-state index in [0.717, 1.165) is 68.5 Å². The minimum atomic E-state index is -0.759. The summed E-state index contributed by atoms with van der Waals surface area (Å²) in [6.45, 7) is 1.52. The molecule has 1 amide bonds. The van der Waals surface area contributed by atoms with Crippen LogP contribution in [0.3, 0.4) is 0 Å². The average Bonchev–Trinajstić information content (AvgIpc) is 3.06. The Kier molecular flexibility index (Phi) is 4.50. The van der Waals surface area contributed by atoms with E-state index < -0.39 is 5.60 Å². The van der Waals surface area contributed by atoms with Crippen LogP contribution in [0.25, 0.3) is 11.0 Å². The predicted molar refractivity (Wildman–Crippen MR) is 97.3 cm³/mol. The number of para-hydroxylation sites is 2. The minimum absolute atomic E-state index is 0.118. The molecule has 1 aliphatic carbocycles. The zero-order chi connectivity index (χ0) is 17.3. The van der Waals surface area contributed by atoms with E-state index in [-0.39, 0.29) is 5.91 Å². The van der Waals surface area contributed by atoms with Gasteiger partial charge in [0.2, 0.25) is 5.91 Å². The number of aromatic amines is 1. The molecule has 2 heterocycles. The van der Waals surface area contributed by atoms with E-state index in [1.54, 1.807) is 0 Å². The van der Waals surface area contributed by atoms with Crippen LogP contribution in [-0.4, -0.2) is 44.6 Å². The van der Waals surface area contributed by atoms with Crippen molar-refractivity contribution >= 4 is 16.9 Å². The maximum Gasteiger partial charge on any atom is 0.225 e. The molecule has 0 bridgehead atoms. The van der Waals surface area contributed by atoms with Crippen LogP contribution in [0.15, 0.2) is 24.3 Å². The van der Waals surface area contributed by atoms with Gasteiger partial charge in [0.1, 0.15) is 5.82 Å². The number of fused-ring (bicyclic) bond motifs is 1. The fourth-order valence-electron chi connectivity index (χ4n) is 4.35. The third-order valence-corrected chi connectivity index (χ3v) is 5.91. The summed E-state index contributed by atoms with van der Waals surface area (Å²) in [6, 6.07) is 8.10. The molecule has 134 valence electrons. The molecular weight excluding hydrogens is 314 g/mol. The molecule has 0 unspecified atom stereocenters. The van der Waals surface area contributed by atoms with Gasteiger partial charge in [-0.05, 0) is 37.8 Å². The first-order valence-electron chi connectivity index (χ1n) is 9.58. The van der Waals surface area contributed by atoms with Crippen LogP contribution in [0.2, 0.25) is 0 Å². The van der Waals surface area contributed by atoms with Gasteiger partial charge in [0, 0.05) is 19.0 Å². The Morgan fingerprint density at radius 3 is 2.64 bits per heavy atom. The van der Waals surface area contributed by atoms with Gasteiger partial charge < -0.3 is 15.0 Å². The van der Waals surface area contributed by atoms with Crippen LogP contribution < -0.4 is 0 Å². The Bertz CT molecular complexity index is 707. The Morgan fingerprint density at radius 1 is 1.20 bits per heavy atom. The highest BCUT2D eigenvalue weighted by molar-refractivity contribution is 5.77. The number of carbonyl (C=O) groups excluding carboxylic acids is 1. The summed E-state index contributed by atoms with van der Waals surface area (Å²) in [7, 11) is 0. The van der Waals surface area contributed by atoms with E-state index in [9.17, 15) is 9.90 Å². The maximum absolute atomic E-state index is 12.6. The highest BCUT2D eigenvalue weighted by Gasteiger charge is 2.34. The number of H-pyrrole nitrogens is 1. The molecule has 1 saturated carbocycles. The third-order valence-electron chi connectivity index (χ3n) is 5.91. The molecule has 1 aromatic carbocycles. The summed E-state index contributed by atoms with van der Waals surface area (Å²) in [5.74, 6) is 1.54. The first-order chi connectivity index (χ1) is 12.1. The molecule has 1 aliphatic heterocycles. The molecule has 25 heavy (non-hydrogen) atoms. The van der Waals surface area contributed by atoms with Crippen molar-refractivity contribution in [2.45, 2.75) is 62.9 Å². The van der Waals surface area contributed by atoms with Crippen molar-refractivity contribution in [3.8, 4) is 0 Å². The second-order valence-electron chi connectivity index (χ2n) is 7.76. The summed E-state index contributed by atoms with van der Waals surface area (Å²) >= 11 is 0. The van der Waals surface area contributed by atoms with Crippen molar-refractivity contribution in [2.75, 3.05) is 13.1 Å². The van der Waals surface area contributed by atoms with Crippen LogP contribution in [0.1, 0.15) is 63.1 Å². The van der Waals surface area contributed by atoms with E-state index in [1.807, 2.05) is 23.1 Å². The Morgan fingerprint density at radius 2 is 1.92 bits per heavy atom. The first kappa shape index (κ1) is 16.6. The largest absolute Gasteiger partial charge is 0.389 e. The molecule has 2 fully saturated rings. The molecule has 0 spiro atoms. The van der Waals surface area contributed by atoms with Crippen LogP contribution in [-0.2, 0) is 4.79 Å². The molecule has 4 rings (SSSR count). The van der Waals surface area contributed by atoms with E-state index in [4.69, 9.17) is 4.98 Å². The van der Waals surface area contributed by atoms with Gasteiger partial charge >= 0.3 is 0 Å². The average molecular weight is 341 g/mol. The third kappa shape index (κ3) is 3.56. The number of aliphatic hydroxyl groups is 1. The normalized spacial score (nSPS) is 21.6. The number of nitrogens with zero attached hydrogens (tertiary/aromatic N) is 2. The van der Waals surface area contributed by atoms with Gasteiger partial charge in [-0.1, -0.05) is 31.4 Å². The SMILES string of the molecule is O=C(CC1(O)CCCCC1)N1CCC(c2nc3ccccc3[nH]2)CC1. The molecule has 1 aromatic heterocycles. The number of hydrogen-bond acceptors (Lipinski definition) is 3. The van der Waals surface area contributed by atoms with Crippen molar-refractivity contribution in [1.82, 2.24) is 14.9 Å². The van der Waals surface area contributed by atoms with Crippen molar-refractivity contribution in [3.63, 3.8) is 0 Å². The van der Waals surface area contributed by atoms with Crippen molar-refractivity contribution in [2.24, 2.45) is 0 Å². The van der Waals surface area contributed by atoms with Gasteiger partial charge in [-0.15, -0.1) is 0 Å². The number of piperidine rings is 1. The second kappa shape index (κ2) is 6.79. The summed E-state index contributed by atoms with van der Waals surface area (Å²) in [6.07, 6.45) is 6.97. The number of benzene rings is 1. The number of hydrogen-bond donors (Lipinski definition) is 2. The van der Waals surface area contributed by atoms with E-state index >= 15 is 0 Å². The Balaban J connectivity index is 1.35. The van der Waals surface area contributed by atoms with Crippen LogP contribution in [0, 0.1) is 0 Å². The lowest BCUT2D eigenvalue weighted by Gasteiger charge is -2.36. The predicted octanol–water partition coefficient (Wildman–Crippen LogP) is 3.35. The van der Waals surface area contributed by atoms with Crippen LogP contribution in [0.5, 0.6) is 0 Å². The van der Waals surface area contributed by atoms with Crippen molar-refractivity contribution in [1.29, 1.82) is 0 Å². The van der Waals surface area contributed by atoms with Gasteiger partial charge in [0.25, 0.3) is 0 Å². The van der Waals surface area contributed by atoms with Crippen molar-refractivity contribution in [3.05, 3.63) is 30.1 Å². The number of aromatic nitrogens is 2. The van der Waals surface area contributed by atoms with Gasteiger partial charge in [0.05, 0.1) is 23.1 Å². The summed E-state index contributed by atoms with van der Waals surface area (Å²) in [5, 5.41) is 10.6. The zero-order valence-electron chi connectivity index (χ0n) is 14.7. The number of carbonyl (C=O) groups is 1. The lowest BCUT2D eigenvalue weighted by molar-refractivity contribution is -0.138. The molecular formula is C20H27N3O2. The monoisotopic (exact) mass is 341 g/mol. The smallest absolute Gasteiger partial charge is 0.225 e. The molecule has 2 aromatic rings. The maximum atomic E-state index is 12.6. The Labute approximate surface area is 148 Å². The van der Waals surface area contributed by atoms with E-state index in [0.29, 0.717) is 12.3 Å². The fourth-order valence-corrected chi connectivity index (χ4v) is 4.35. The quantitative estimate of drug-likeness (QED) is 0.899. The molecule has 5 nitrogen and oxygen atoms in total. The topological polar surface area (TPSA) is 69.2 Å². The standard InChI is InChI=1S/C20H27N3O2/c24-18(14-20(25)10-4-1-5-11-20)23-12-8-15(9-13-23)19-21-16-6-2-3-7-17(16)22-19/h2-3,6-7,15,25H,1,4-5,8-14H2,(H,21,22). The van der Waals surface area contributed by atoms with Crippen LogP contribution in [0.4, 0.5) is 0 Å². The lowest BCUT2D eigenvalue weighted by atomic mass is 9.82. The number of imidazole rings is 1. The highest BCUT2D eigenvalue weighted by Crippen LogP contribution is 2.33. The minimum Gasteiger partial charge on any atom is -0.389 e. The van der Waals surface area contributed by atoms with Gasteiger partial charge in [-0.25, -0.2) is 4.98 Å². The number of likely N-dealkylation sites (tertiary alicyclic amines) is 1. The highest BCUT2D eigenvalue weighted by atomic mass is 16.3. The number of nitrogens with one attached hydrogen (secondary N) is 1. The van der Waals surface area contributed by atoms with Gasteiger partial charge in [-0.3, -0.25) is 4.79 Å². The van der Waals surface area contributed by atoms with E-state index in [2.05, 4.69) is 11.1 Å². The molecule has 2 N–H and O–H groups in total. The van der Waals surface area contributed by atoms with Crippen molar-refractivity contribution < 1.29 is 9.90 Å². The zero-order valence-corrected chi connectivity index (χ0v) is 14.7. The van der Waals surface area contributed by atoms with Gasteiger partial charge in [0.15, 0.2) is 0 Å². The summed E-state index contributed by atoms with van der Waals surface area (Å²) < 4.78 is 0. The molecule has 2 aliphatic rings. The summed E-state index contributed by atoms with van der Waals surface area (Å²) in [5.41, 5.74) is 1.33. The fraction of sp³-hybridized carbons (Fsp3) is 0.600. The molecule has 1 saturated heterocycles. The van der Waals surface area contributed by atoms with E-state index in [1.165, 1.54) is 6.42 Å². The lowest BCUT2D eigenvalue weighted by Crippen LogP contribution is -2.43. The number of rotatable bonds is 3. The number of amides is 1. The van der Waals surface area contributed by atoms with Crippen LogP contribution >= 0.6 is 0 Å². The molecule has 0 atom stereocenters. The van der Waals surface area contributed by atoms with Gasteiger partial charge in [-0.2, -0.15) is 0 Å².